The summed E-state index contributed by atoms with van der Waals surface area (Å²) < 4.78 is 21.3. The highest BCUT2D eigenvalue weighted by molar-refractivity contribution is 7.93. The van der Waals surface area contributed by atoms with Crippen molar-refractivity contribution in [2.45, 2.75) is 32.7 Å². The molecule has 0 atom stereocenters. The number of piperidine rings is 1. The molecule has 1 N–H and O–H groups in total. The van der Waals surface area contributed by atoms with Crippen LogP contribution >= 0.6 is 0 Å². The Hall–Kier alpha value is -3.82. The first-order chi connectivity index (χ1) is 19.4. The predicted molar refractivity (Wildman–Crippen MR) is 156 cm³/mol. The summed E-state index contributed by atoms with van der Waals surface area (Å²) in [6.07, 6.45) is 11.2. The maximum atomic E-state index is 13.1. The van der Waals surface area contributed by atoms with Crippen molar-refractivity contribution in [3.05, 3.63) is 48.7 Å². The van der Waals surface area contributed by atoms with Crippen LogP contribution in [0.4, 0.5) is 5.82 Å². The van der Waals surface area contributed by atoms with Crippen LogP contribution in [0.3, 0.4) is 0 Å². The van der Waals surface area contributed by atoms with Crippen LogP contribution in [0.2, 0.25) is 0 Å². The fourth-order valence-corrected chi connectivity index (χ4v) is 7.30. The van der Waals surface area contributed by atoms with Crippen molar-refractivity contribution in [3.8, 4) is 28.6 Å². The van der Waals surface area contributed by atoms with Gasteiger partial charge in [-0.2, -0.15) is 15.5 Å². The first-order valence-electron chi connectivity index (χ1n) is 13.9. The second kappa shape index (κ2) is 11.0. The van der Waals surface area contributed by atoms with E-state index >= 15 is 0 Å². The number of rotatable bonds is 6. The van der Waals surface area contributed by atoms with Crippen molar-refractivity contribution in [2.75, 3.05) is 49.1 Å². The van der Waals surface area contributed by atoms with Crippen molar-refractivity contribution in [1.29, 1.82) is 5.26 Å². The SMILES string of the molecule is CC(C)CN=S1(=O)CCN(c2ccc(-c3nc(-c4cnn(C5CCNCC5)c4)cn4ncc(C#N)c34)cn2)CC1. The van der Waals surface area contributed by atoms with Crippen molar-refractivity contribution in [3.63, 3.8) is 0 Å². The average molecular weight is 559 g/mol. The summed E-state index contributed by atoms with van der Waals surface area (Å²) in [5.74, 6) is 2.35. The zero-order valence-electron chi connectivity index (χ0n) is 22.9. The summed E-state index contributed by atoms with van der Waals surface area (Å²) in [6, 6.07) is 6.57. The molecule has 0 bridgehead atoms. The van der Waals surface area contributed by atoms with Gasteiger partial charge in [-0.05, 0) is 44.0 Å². The van der Waals surface area contributed by atoms with E-state index in [1.54, 1.807) is 16.9 Å². The summed E-state index contributed by atoms with van der Waals surface area (Å²) >= 11 is 0. The van der Waals surface area contributed by atoms with Crippen LogP contribution in [-0.2, 0) is 9.73 Å². The van der Waals surface area contributed by atoms with Crippen LogP contribution in [-0.4, -0.2) is 77.8 Å². The summed E-state index contributed by atoms with van der Waals surface area (Å²) in [5.41, 5.74) is 4.19. The second-order valence-electron chi connectivity index (χ2n) is 10.9. The number of hydrogen-bond donors (Lipinski definition) is 1. The van der Waals surface area contributed by atoms with Gasteiger partial charge in [0.25, 0.3) is 0 Å². The average Bonchev–Trinajstić information content (AvgIpc) is 3.65. The van der Waals surface area contributed by atoms with E-state index in [9.17, 15) is 9.47 Å². The van der Waals surface area contributed by atoms with E-state index in [1.165, 1.54) is 0 Å². The Morgan fingerprint density at radius 1 is 1.10 bits per heavy atom. The molecule has 2 aliphatic heterocycles. The molecule has 0 spiro atoms. The van der Waals surface area contributed by atoms with E-state index in [4.69, 9.17) is 9.97 Å². The van der Waals surface area contributed by atoms with E-state index < -0.39 is 9.73 Å². The van der Waals surface area contributed by atoms with Crippen LogP contribution < -0.4 is 10.2 Å². The Labute approximate surface area is 234 Å². The lowest BCUT2D eigenvalue weighted by atomic mass is 10.1. The maximum absolute atomic E-state index is 13.1. The monoisotopic (exact) mass is 558 g/mol. The van der Waals surface area contributed by atoms with Gasteiger partial charge in [-0.25, -0.2) is 23.1 Å². The molecule has 2 fully saturated rings. The first kappa shape index (κ1) is 26.4. The zero-order chi connectivity index (χ0) is 27.7. The Kier molecular flexibility index (Phi) is 7.25. The van der Waals surface area contributed by atoms with Gasteiger partial charge in [-0.3, -0.25) is 4.68 Å². The lowest BCUT2D eigenvalue weighted by Crippen LogP contribution is -2.40. The molecular weight excluding hydrogens is 524 g/mol. The highest BCUT2D eigenvalue weighted by Crippen LogP contribution is 2.30. The molecule has 11 nitrogen and oxygen atoms in total. The van der Waals surface area contributed by atoms with Crippen molar-refractivity contribution >= 4 is 21.1 Å². The van der Waals surface area contributed by atoms with Crippen LogP contribution in [0.15, 0.2) is 47.5 Å². The Bertz CT molecular complexity index is 1650. The summed E-state index contributed by atoms with van der Waals surface area (Å²) in [7, 11) is -2.14. The van der Waals surface area contributed by atoms with Crippen LogP contribution in [0, 0.1) is 17.2 Å². The lowest BCUT2D eigenvalue weighted by molar-refractivity contribution is 0.343. The topological polar surface area (TPSA) is 129 Å². The molecule has 12 heteroatoms. The molecule has 40 heavy (non-hydrogen) atoms. The molecule has 6 heterocycles. The van der Waals surface area contributed by atoms with Gasteiger partial charge < -0.3 is 10.2 Å². The third-order valence-corrected chi connectivity index (χ3v) is 9.84. The fraction of sp³-hybridized carbons (Fsp3) is 0.464. The third kappa shape index (κ3) is 5.31. The number of nitrogens with one attached hydrogen (secondary N) is 1. The molecule has 4 aromatic rings. The number of nitriles is 1. The van der Waals surface area contributed by atoms with Gasteiger partial charge in [-0.1, -0.05) is 13.8 Å². The number of aromatic nitrogens is 6. The van der Waals surface area contributed by atoms with Crippen molar-refractivity contribution in [2.24, 2.45) is 10.3 Å². The molecule has 208 valence electrons. The quantitative estimate of drug-likeness (QED) is 0.381. The molecular formula is C28H34N10OS. The Morgan fingerprint density at radius 2 is 1.90 bits per heavy atom. The summed E-state index contributed by atoms with van der Waals surface area (Å²) in [4.78, 5) is 11.9. The minimum atomic E-state index is -2.14. The van der Waals surface area contributed by atoms with E-state index in [2.05, 4.69) is 44.7 Å². The molecule has 0 aromatic carbocycles. The van der Waals surface area contributed by atoms with Gasteiger partial charge >= 0.3 is 0 Å². The van der Waals surface area contributed by atoms with Crippen molar-refractivity contribution in [1.82, 2.24) is 34.7 Å². The van der Waals surface area contributed by atoms with Crippen molar-refractivity contribution < 1.29 is 4.21 Å². The van der Waals surface area contributed by atoms with Crippen LogP contribution in [0.25, 0.3) is 28.0 Å². The maximum Gasteiger partial charge on any atom is 0.128 e. The molecule has 4 aromatic heterocycles. The number of pyridine rings is 1. The first-order valence-corrected chi connectivity index (χ1v) is 15.7. The Morgan fingerprint density at radius 3 is 2.60 bits per heavy atom. The van der Waals surface area contributed by atoms with Gasteiger partial charge in [-0.15, -0.1) is 0 Å². The lowest BCUT2D eigenvalue weighted by Gasteiger charge is -2.29. The molecule has 6 rings (SSSR count). The predicted octanol–water partition coefficient (Wildman–Crippen LogP) is 3.39. The van der Waals surface area contributed by atoms with Gasteiger partial charge in [0.15, 0.2) is 0 Å². The number of hydrogen-bond acceptors (Lipinski definition) is 9. The van der Waals surface area contributed by atoms with Gasteiger partial charge in [0, 0.05) is 48.1 Å². The normalized spacial score (nSPS) is 17.8. The number of nitrogens with zero attached hydrogens (tertiary/aromatic N) is 9. The molecule has 0 amide bonds. The smallest absolute Gasteiger partial charge is 0.128 e. The number of anilines is 1. The number of fused-ring (bicyclic) bond motifs is 1. The van der Waals surface area contributed by atoms with E-state index in [1.807, 2.05) is 35.4 Å². The van der Waals surface area contributed by atoms with E-state index in [0.717, 1.165) is 48.6 Å². The summed E-state index contributed by atoms with van der Waals surface area (Å²) in [6.45, 7) is 8.13. The minimum absolute atomic E-state index is 0.372. The molecule has 0 radical (unpaired) electrons. The highest BCUT2D eigenvalue weighted by Gasteiger charge is 2.23. The van der Waals surface area contributed by atoms with Gasteiger partial charge in [0.2, 0.25) is 0 Å². The van der Waals surface area contributed by atoms with Crippen LogP contribution in [0.1, 0.15) is 38.3 Å². The highest BCUT2D eigenvalue weighted by atomic mass is 32.2. The van der Waals surface area contributed by atoms with Crippen LogP contribution in [0.5, 0.6) is 0 Å². The molecule has 0 unspecified atom stereocenters. The fourth-order valence-electron chi connectivity index (χ4n) is 5.25. The zero-order valence-corrected chi connectivity index (χ0v) is 23.7. The summed E-state index contributed by atoms with van der Waals surface area (Å²) in [5, 5.41) is 22.2. The second-order valence-corrected chi connectivity index (χ2v) is 13.5. The van der Waals surface area contributed by atoms with Gasteiger partial charge in [0.1, 0.15) is 23.0 Å². The van der Waals surface area contributed by atoms with E-state index in [-0.39, 0.29) is 0 Å². The molecule has 2 aliphatic rings. The molecule has 0 aliphatic carbocycles. The third-order valence-electron chi connectivity index (χ3n) is 7.58. The molecule has 2 saturated heterocycles. The largest absolute Gasteiger partial charge is 0.355 e. The minimum Gasteiger partial charge on any atom is -0.355 e. The molecule has 0 saturated carbocycles. The standard InChI is InChI=1S/C28H34N10OS/c1-20(2)14-34-40(39)11-9-36(10-12-40)26-4-3-21(15-31-26)27-28-22(13-29)16-33-38(28)19-25(35-27)23-17-32-37(18-23)24-5-7-30-8-6-24/h3-4,15-20,24,30H,5-12,14H2,1-2H3. The Balaban J connectivity index is 1.29. The van der Waals surface area contributed by atoms with E-state index in [0.29, 0.717) is 59.9 Å². The van der Waals surface area contributed by atoms with Gasteiger partial charge in [0.05, 0.1) is 52.3 Å².